The van der Waals surface area contributed by atoms with Crippen molar-refractivity contribution in [1.82, 2.24) is 4.98 Å². The van der Waals surface area contributed by atoms with E-state index in [4.69, 9.17) is 11.0 Å². The third-order valence-corrected chi connectivity index (χ3v) is 2.43. The molecule has 0 unspecified atom stereocenters. The van der Waals surface area contributed by atoms with E-state index in [0.29, 0.717) is 17.8 Å². The van der Waals surface area contributed by atoms with Crippen LogP contribution < -0.4 is 11.1 Å². The Kier molecular flexibility index (Phi) is 3.22. The van der Waals surface area contributed by atoms with Crippen molar-refractivity contribution >= 4 is 11.4 Å². The van der Waals surface area contributed by atoms with Gasteiger partial charge in [0.1, 0.15) is 6.07 Å². The van der Waals surface area contributed by atoms with Crippen LogP contribution in [-0.2, 0) is 6.54 Å². The van der Waals surface area contributed by atoms with Gasteiger partial charge in [0.25, 0.3) is 0 Å². The third-order valence-electron chi connectivity index (χ3n) is 2.43. The van der Waals surface area contributed by atoms with E-state index in [2.05, 4.69) is 16.4 Å². The number of para-hydroxylation sites is 1. The quantitative estimate of drug-likeness (QED) is 0.783. The minimum absolute atomic E-state index is 0.485. The monoisotopic (exact) mass is 224 g/mol. The highest BCUT2D eigenvalue weighted by Crippen LogP contribution is 2.22. The molecular weight excluding hydrogens is 212 g/mol. The molecule has 0 fully saturated rings. The van der Waals surface area contributed by atoms with Crippen molar-refractivity contribution in [3.8, 4) is 6.07 Å². The molecular formula is C13H12N4. The van der Waals surface area contributed by atoms with Crippen molar-refractivity contribution in [2.24, 2.45) is 0 Å². The minimum atomic E-state index is 0.485. The lowest BCUT2D eigenvalue weighted by Crippen LogP contribution is -2.03. The third kappa shape index (κ3) is 2.52. The summed E-state index contributed by atoms with van der Waals surface area (Å²) in [5, 5.41) is 12.0. The van der Waals surface area contributed by atoms with Gasteiger partial charge in [-0.3, -0.25) is 4.98 Å². The average molecular weight is 224 g/mol. The van der Waals surface area contributed by atoms with Crippen LogP contribution >= 0.6 is 0 Å². The van der Waals surface area contributed by atoms with Gasteiger partial charge >= 0.3 is 0 Å². The number of benzene rings is 1. The smallest absolute Gasteiger partial charge is 0.101 e. The van der Waals surface area contributed by atoms with E-state index in [-0.39, 0.29) is 0 Å². The summed E-state index contributed by atoms with van der Waals surface area (Å²) in [5.41, 5.74) is 8.66. The number of nitrogens with two attached hydrogens (primary N) is 1. The van der Waals surface area contributed by atoms with Gasteiger partial charge in [-0.1, -0.05) is 12.1 Å². The lowest BCUT2D eigenvalue weighted by molar-refractivity contribution is 1.11. The number of nitrogens with zero attached hydrogens (tertiary/aromatic N) is 2. The molecule has 0 radical (unpaired) electrons. The van der Waals surface area contributed by atoms with Crippen LogP contribution in [0.25, 0.3) is 0 Å². The average Bonchev–Trinajstić information content (AvgIpc) is 2.39. The highest BCUT2D eigenvalue weighted by molar-refractivity contribution is 5.72. The zero-order chi connectivity index (χ0) is 12.1. The van der Waals surface area contributed by atoms with Crippen LogP contribution in [0.5, 0.6) is 0 Å². The Hall–Kier alpha value is -2.54. The van der Waals surface area contributed by atoms with Gasteiger partial charge in [0.2, 0.25) is 0 Å². The maximum Gasteiger partial charge on any atom is 0.101 e. The molecule has 0 saturated heterocycles. The van der Waals surface area contributed by atoms with Crippen molar-refractivity contribution in [2.75, 3.05) is 11.1 Å². The Morgan fingerprint density at radius 2 is 2.18 bits per heavy atom. The first-order valence-corrected chi connectivity index (χ1v) is 5.22. The molecule has 0 aliphatic carbocycles. The van der Waals surface area contributed by atoms with Crippen molar-refractivity contribution in [3.05, 3.63) is 53.9 Å². The summed E-state index contributed by atoms with van der Waals surface area (Å²) in [6, 6.07) is 11.3. The highest BCUT2D eigenvalue weighted by atomic mass is 14.9. The molecule has 0 aliphatic rings. The molecule has 4 heteroatoms. The van der Waals surface area contributed by atoms with Gasteiger partial charge in [-0.15, -0.1) is 0 Å². The molecule has 0 saturated carbocycles. The number of anilines is 2. The lowest BCUT2D eigenvalue weighted by atomic mass is 10.1. The fraction of sp³-hybridized carbons (Fsp3) is 0.0769. The second-order valence-electron chi connectivity index (χ2n) is 3.59. The summed E-state index contributed by atoms with van der Waals surface area (Å²) in [6.45, 7) is 0.632. The molecule has 0 bridgehead atoms. The second kappa shape index (κ2) is 4.99. The van der Waals surface area contributed by atoms with Crippen LogP contribution in [0.4, 0.5) is 11.4 Å². The van der Waals surface area contributed by atoms with E-state index >= 15 is 0 Å². The fourth-order valence-electron chi connectivity index (χ4n) is 1.52. The number of hydrogen-bond donors (Lipinski definition) is 2. The maximum absolute atomic E-state index is 8.86. The van der Waals surface area contributed by atoms with Crippen molar-refractivity contribution in [3.63, 3.8) is 0 Å². The summed E-state index contributed by atoms with van der Waals surface area (Å²) < 4.78 is 0. The first-order chi connectivity index (χ1) is 8.31. The summed E-state index contributed by atoms with van der Waals surface area (Å²) in [7, 11) is 0. The molecule has 1 aromatic carbocycles. The molecule has 0 atom stereocenters. The molecule has 0 amide bonds. The van der Waals surface area contributed by atoms with Crippen molar-refractivity contribution in [1.29, 1.82) is 5.26 Å². The number of aromatic nitrogens is 1. The molecule has 17 heavy (non-hydrogen) atoms. The predicted molar refractivity (Wildman–Crippen MR) is 67.1 cm³/mol. The molecule has 1 aromatic heterocycles. The van der Waals surface area contributed by atoms with Crippen LogP contribution in [0.1, 0.15) is 11.1 Å². The molecule has 2 aromatic rings. The van der Waals surface area contributed by atoms with Crippen LogP contribution in [0.2, 0.25) is 0 Å². The standard InChI is InChI=1S/C13H12N4/c14-7-11-4-1-5-12(13(11)15)17-9-10-3-2-6-16-8-10/h1-6,8,17H,9,15H2. The Morgan fingerprint density at radius 1 is 1.29 bits per heavy atom. The Bertz CT molecular complexity index is 543. The van der Waals surface area contributed by atoms with Crippen LogP contribution in [-0.4, -0.2) is 4.98 Å². The number of rotatable bonds is 3. The van der Waals surface area contributed by atoms with Crippen LogP contribution in [0, 0.1) is 11.3 Å². The first-order valence-electron chi connectivity index (χ1n) is 5.22. The Labute approximate surface area is 99.7 Å². The summed E-state index contributed by atoms with van der Waals surface area (Å²) >= 11 is 0. The summed E-state index contributed by atoms with van der Waals surface area (Å²) in [4.78, 5) is 4.03. The Balaban J connectivity index is 2.13. The maximum atomic E-state index is 8.86. The zero-order valence-corrected chi connectivity index (χ0v) is 9.22. The van der Waals surface area contributed by atoms with E-state index in [1.165, 1.54) is 0 Å². The number of pyridine rings is 1. The molecule has 2 rings (SSSR count). The van der Waals surface area contributed by atoms with Gasteiger partial charge in [-0.05, 0) is 23.8 Å². The van der Waals surface area contributed by atoms with Gasteiger partial charge < -0.3 is 11.1 Å². The lowest BCUT2D eigenvalue weighted by Gasteiger charge is -2.09. The molecule has 84 valence electrons. The number of hydrogen-bond acceptors (Lipinski definition) is 4. The van der Waals surface area contributed by atoms with E-state index in [1.807, 2.05) is 18.2 Å². The number of nitrogen functional groups attached to an aromatic ring is 1. The number of nitrogens with one attached hydrogen (secondary N) is 1. The Morgan fingerprint density at radius 3 is 2.88 bits per heavy atom. The second-order valence-corrected chi connectivity index (χ2v) is 3.59. The van der Waals surface area contributed by atoms with Crippen molar-refractivity contribution in [2.45, 2.75) is 6.54 Å². The normalized spacial score (nSPS) is 9.59. The first kappa shape index (κ1) is 11.0. The summed E-state index contributed by atoms with van der Waals surface area (Å²) in [6.07, 6.45) is 3.52. The van der Waals surface area contributed by atoms with Gasteiger partial charge in [-0.2, -0.15) is 5.26 Å². The van der Waals surface area contributed by atoms with E-state index in [9.17, 15) is 0 Å². The molecule has 4 nitrogen and oxygen atoms in total. The van der Waals surface area contributed by atoms with Crippen LogP contribution in [0.15, 0.2) is 42.7 Å². The molecule has 1 heterocycles. The predicted octanol–water partition coefficient (Wildman–Crippen LogP) is 2.15. The molecule has 3 N–H and O–H groups in total. The summed E-state index contributed by atoms with van der Waals surface area (Å²) in [5.74, 6) is 0. The van der Waals surface area contributed by atoms with Crippen LogP contribution in [0.3, 0.4) is 0 Å². The van der Waals surface area contributed by atoms with E-state index < -0.39 is 0 Å². The fourth-order valence-corrected chi connectivity index (χ4v) is 1.52. The van der Waals surface area contributed by atoms with Crippen molar-refractivity contribution < 1.29 is 0 Å². The SMILES string of the molecule is N#Cc1cccc(NCc2cccnc2)c1N. The topological polar surface area (TPSA) is 74.7 Å². The van der Waals surface area contributed by atoms with Gasteiger partial charge in [-0.25, -0.2) is 0 Å². The van der Waals surface area contributed by atoms with E-state index in [1.54, 1.807) is 24.5 Å². The molecule has 0 aliphatic heterocycles. The largest absolute Gasteiger partial charge is 0.396 e. The minimum Gasteiger partial charge on any atom is -0.396 e. The van der Waals surface area contributed by atoms with Gasteiger partial charge in [0.05, 0.1) is 16.9 Å². The highest BCUT2D eigenvalue weighted by Gasteiger charge is 2.03. The van der Waals surface area contributed by atoms with Gasteiger partial charge in [0, 0.05) is 18.9 Å². The van der Waals surface area contributed by atoms with E-state index in [0.717, 1.165) is 11.3 Å². The molecule has 0 spiro atoms. The number of nitriles is 1. The zero-order valence-electron chi connectivity index (χ0n) is 9.22. The van der Waals surface area contributed by atoms with Gasteiger partial charge in [0.15, 0.2) is 0 Å².